The molecule has 0 aromatic heterocycles. The Kier molecular flexibility index (Phi) is 21.2. The van der Waals surface area contributed by atoms with Crippen molar-refractivity contribution < 1.29 is 4.79 Å². The predicted molar refractivity (Wildman–Crippen MR) is 119 cm³/mol. The Balaban J connectivity index is 3.15. The third-order valence-electron chi connectivity index (χ3n) is 5.07. The van der Waals surface area contributed by atoms with Crippen LogP contribution in [0.4, 0.5) is 0 Å². The summed E-state index contributed by atoms with van der Waals surface area (Å²) in [6.07, 6.45) is 18.5. The van der Waals surface area contributed by atoms with Crippen molar-refractivity contribution in [3.63, 3.8) is 0 Å². The van der Waals surface area contributed by atoms with Crippen molar-refractivity contribution in [1.82, 2.24) is 15.5 Å². The number of amides is 1. The molecule has 0 saturated carbocycles. The van der Waals surface area contributed by atoms with E-state index in [2.05, 4.69) is 36.6 Å². The molecular weight excluding hydrogens is 334 g/mol. The molecule has 0 aliphatic carbocycles. The summed E-state index contributed by atoms with van der Waals surface area (Å²) in [4.78, 5) is 14.0. The zero-order chi connectivity index (χ0) is 20.0. The van der Waals surface area contributed by atoms with E-state index < -0.39 is 0 Å². The first kappa shape index (κ1) is 26.4. The van der Waals surface area contributed by atoms with Crippen LogP contribution in [0.15, 0.2) is 0 Å². The largest absolute Gasteiger partial charge is 0.356 e. The highest BCUT2D eigenvalue weighted by Gasteiger charge is 2.00. The highest BCUT2D eigenvalue weighted by atomic mass is 16.1. The smallest absolute Gasteiger partial charge is 0.219 e. The second kappa shape index (κ2) is 21.7. The summed E-state index contributed by atoms with van der Waals surface area (Å²) in [6.45, 7) is 6.52. The Morgan fingerprint density at radius 1 is 0.667 bits per heavy atom. The average Bonchev–Trinajstić information content (AvgIpc) is 2.64. The van der Waals surface area contributed by atoms with Gasteiger partial charge in [-0.15, -0.1) is 0 Å². The van der Waals surface area contributed by atoms with Gasteiger partial charge in [0.15, 0.2) is 0 Å². The maximum absolute atomic E-state index is 11.8. The number of nitrogens with zero attached hydrogens (tertiary/aromatic N) is 1. The van der Waals surface area contributed by atoms with Crippen LogP contribution in [0.1, 0.15) is 103 Å². The minimum atomic E-state index is 0.250. The quantitative estimate of drug-likeness (QED) is 0.270. The molecular formula is C23H49N3O. The van der Waals surface area contributed by atoms with Gasteiger partial charge in [-0.25, -0.2) is 0 Å². The van der Waals surface area contributed by atoms with E-state index in [9.17, 15) is 4.79 Å². The van der Waals surface area contributed by atoms with Crippen LogP contribution in [-0.2, 0) is 4.79 Å². The van der Waals surface area contributed by atoms with Crippen LogP contribution in [0, 0.1) is 0 Å². The maximum Gasteiger partial charge on any atom is 0.219 e. The molecule has 27 heavy (non-hydrogen) atoms. The number of rotatable bonds is 21. The lowest BCUT2D eigenvalue weighted by Gasteiger charge is -2.09. The minimum absolute atomic E-state index is 0.250. The minimum Gasteiger partial charge on any atom is -0.356 e. The van der Waals surface area contributed by atoms with Gasteiger partial charge >= 0.3 is 0 Å². The lowest BCUT2D eigenvalue weighted by atomic mass is 10.1. The van der Waals surface area contributed by atoms with E-state index >= 15 is 0 Å². The average molecular weight is 384 g/mol. The Labute approximate surface area is 170 Å². The van der Waals surface area contributed by atoms with Gasteiger partial charge < -0.3 is 15.5 Å². The standard InChI is InChI=1S/C23H49N3O/c1-4-5-6-7-8-9-10-11-14-18-23(27)25-21-16-13-12-15-19-24-20-17-22-26(2)3/h24H,4-22H2,1-3H3,(H,25,27). The summed E-state index contributed by atoms with van der Waals surface area (Å²) >= 11 is 0. The van der Waals surface area contributed by atoms with Crippen molar-refractivity contribution >= 4 is 5.91 Å². The van der Waals surface area contributed by atoms with Crippen LogP contribution in [0.5, 0.6) is 0 Å². The zero-order valence-corrected chi connectivity index (χ0v) is 18.8. The number of unbranched alkanes of at least 4 members (excludes halogenated alkanes) is 11. The first-order valence-corrected chi connectivity index (χ1v) is 11.8. The van der Waals surface area contributed by atoms with Gasteiger partial charge in [-0.2, -0.15) is 0 Å². The van der Waals surface area contributed by atoms with E-state index in [-0.39, 0.29) is 5.91 Å². The van der Waals surface area contributed by atoms with Crippen molar-refractivity contribution in [2.24, 2.45) is 0 Å². The molecule has 0 atom stereocenters. The van der Waals surface area contributed by atoms with Crippen LogP contribution < -0.4 is 10.6 Å². The molecule has 0 heterocycles. The third-order valence-corrected chi connectivity index (χ3v) is 5.07. The van der Waals surface area contributed by atoms with Gasteiger partial charge in [-0.1, -0.05) is 71.1 Å². The van der Waals surface area contributed by atoms with Gasteiger partial charge in [-0.3, -0.25) is 4.79 Å². The molecule has 0 unspecified atom stereocenters. The first-order valence-electron chi connectivity index (χ1n) is 11.8. The maximum atomic E-state index is 11.8. The highest BCUT2D eigenvalue weighted by molar-refractivity contribution is 5.75. The van der Waals surface area contributed by atoms with E-state index in [0.717, 1.165) is 39.0 Å². The third kappa shape index (κ3) is 23.4. The summed E-state index contributed by atoms with van der Waals surface area (Å²) in [7, 11) is 4.24. The SMILES string of the molecule is CCCCCCCCCCCC(=O)NCCCCCCNCCCN(C)C. The van der Waals surface area contributed by atoms with E-state index in [1.165, 1.54) is 77.0 Å². The van der Waals surface area contributed by atoms with Crippen molar-refractivity contribution in [3.05, 3.63) is 0 Å². The molecule has 0 bridgehead atoms. The monoisotopic (exact) mass is 383 g/mol. The fourth-order valence-corrected chi connectivity index (χ4v) is 3.29. The fraction of sp³-hybridized carbons (Fsp3) is 0.957. The number of hydrogen-bond donors (Lipinski definition) is 2. The molecule has 162 valence electrons. The first-order chi connectivity index (χ1) is 13.2. The van der Waals surface area contributed by atoms with E-state index in [4.69, 9.17) is 0 Å². The molecule has 4 heteroatoms. The summed E-state index contributed by atoms with van der Waals surface area (Å²) in [5, 5.41) is 6.58. The van der Waals surface area contributed by atoms with E-state index in [0.29, 0.717) is 6.42 Å². The van der Waals surface area contributed by atoms with Gasteiger partial charge in [0.25, 0.3) is 0 Å². The van der Waals surface area contributed by atoms with E-state index in [1.807, 2.05) is 0 Å². The van der Waals surface area contributed by atoms with Gasteiger partial charge in [0.2, 0.25) is 5.91 Å². The van der Waals surface area contributed by atoms with Crippen LogP contribution >= 0.6 is 0 Å². The summed E-state index contributed by atoms with van der Waals surface area (Å²) in [6, 6.07) is 0. The van der Waals surface area contributed by atoms with E-state index in [1.54, 1.807) is 0 Å². The molecule has 0 aromatic carbocycles. The zero-order valence-electron chi connectivity index (χ0n) is 18.8. The summed E-state index contributed by atoms with van der Waals surface area (Å²) < 4.78 is 0. The summed E-state index contributed by atoms with van der Waals surface area (Å²) in [5.74, 6) is 0.250. The molecule has 0 aromatic rings. The fourth-order valence-electron chi connectivity index (χ4n) is 3.29. The number of carbonyl (C=O) groups is 1. The van der Waals surface area contributed by atoms with Crippen molar-refractivity contribution in [3.8, 4) is 0 Å². The molecule has 1 amide bonds. The second-order valence-corrected chi connectivity index (χ2v) is 8.25. The molecule has 0 fully saturated rings. The Morgan fingerprint density at radius 2 is 1.19 bits per heavy atom. The van der Waals surface area contributed by atoms with Crippen molar-refractivity contribution in [2.75, 3.05) is 40.3 Å². The van der Waals surface area contributed by atoms with Crippen molar-refractivity contribution in [1.29, 1.82) is 0 Å². The lowest BCUT2D eigenvalue weighted by Crippen LogP contribution is -2.24. The van der Waals surface area contributed by atoms with Crippen LogP contribution in [0.25, 0.3) is 0 Å². The molecule has 0 radical (unpaired) electrons. The predicted octanol–water partition coefficient (Wildman–Crippen LogP) is 5.13. The molecule has 0 aliphatic heterocycles. The van der Waals surface area contributed by atoms with Gasteiger partial charge in [-0.05, 0) is 59.4 Å². The molecule has 0 aliphatic rings. The van der Waals surface area contributed by atoms with Crippen molar-refractivity contribution in [2.45, 2.75) is 103 Å². The van der Waals surface area contributed by atoms with Gasteiger partial charge in [0.05, 0.1) is 0 Å². The molecule has 0 rings (SSSR count). The molecule has 4 nitrogen and oxygen atoms in total. The molecule has 0 spiro atoms. The normalized spacial score (nSPS) is 11.3. The Hall–Kier alpha value is -0.610. The topological polar surface area (TPSA) is 44.4 Å². The molecule has 2 N–H and O–H groups in total. The van der Waals surface area contributed by atoms with Crippen LogP contribution in [0.3, 0.4) is 0 Å². The Morgan fingerprint density at radius 3 is 1.81 bits per heavy atom. The van der Waals surface area contributed by atoms with Crippen LogP contribution in [-0.4, -0.2) is 51.1 Å². The van der Waals surface area contributed by atoms with Gasteiger partial charge in [0.1, 0.15) is 0 Å². The number of nitrogens with one attached hydrogen (secondary N) is 2. The van der Waals surface area contributed by atoms with Gasteiger partial charge in [0, 0.05) is 13.0 Å². The summed E-state index contributed by atoms with van der Waals surface area (Å²) in [5.41, 5.74) is 0. The number of carbonyl (C=O) groups excluding carboxylic acids is 1. The Bertz CT molecular complexity index is 308. The van der Waals surface area contributed by atoms with Crippen LogP contribution in [0.2, 0.25) is 0 Å². The molecule has 0 saturated heterocycles. The second-order valence-electron chi connectivity index (χ2n) is 8.25. The number of hydrogen-bond acceptors (Lipinski definition) is 3. The lowest BCUT2D eigenvalue weighted by molar-refractivity contribution is -0.121. The highest BCUT2D eigenvalue weighted by Crippen LogP contribution is 2.10.